The molecule has 0 saturated heterocycles. The summed E-state index contributed by atoms with van der Waals surface area (Å²) >= 11 is 0. The van der Waals surface area contributed by atoms with Gasteiger partial charge in [-0.05, 0) is 39.9 Å². The zero-order chi connectivity index (χ0) is 17.9. The molecule has 4 aromatic rings. The van der Waals surface area contributed by atoms with Crippen molar-refractivity contribution < 1.29 is 10.2 Å². The first-order valence-corrected chi connectivity index (χ1v) is 8.51. The molecular formula is C24H18O2. The predicted molar refractivity (Wildman–Crippen MR) is 106 cm³/mol. The molecule has 0 unspecified atom stereocenters. The van der Waals surface area contributed by atoms with E-state index >= 15 is 0 Å². The van der Waals surface area contributed by atoms with Crippen LogP contribution in [0.2, 0.25) is 0 Å². The average molecular weight is 338 g/mol. The van der Waals surface area contributed by atoms with Gasteiger partial charge in [0.2, 0.25) is 0 Å². The zero-order valence-electron chi connectivity index (χ0n) is 14.1. The van der Waals surface area contributed by atoms with Crippen molar-refractivity contribution >= 4 is 0 Å². The summed E-state index contributed by atoms with van der Waals surface area (Å²) in [6.07, 6.45) is 0. The van der Waals surface area contributed by atoms with Crippen LogP contribution < -0.4 is 0 Å². The van der Waals surface area contributed by atoms with Gasteiger partial charge < -0.3 is 10.2 Å². The van der Waals surface area contributed by atoms with Gasteiger partial charge in [0.1, 0.15) is 11.5 Å². The highest BCUT2D eigenvalue weighted by molar-refractivity contribution is 5.94. The first kappa shape index (κ1) is 16.0. The van der Waals surface area contributed by atoms with Crippen LogP contribution in [0.15, 0.2) is 97.1 Å². The van der Waals surface area contributed by atoms with Crippen LogP contribution in [0, 0.1) is 0 Å². The molecule has 0 aliphatic rings. The molecular weight excluding hydrogens is 320 g/mol. The normalized spacial score (nSPS) is 10.6. The van der Waals surface area contributed by atoms with Gasteiger partial charge in [-0.3, -0.25) is 0 Å². The molecule has 0 aliphatic heterocycles. The quantitative estimate of drug-likeness (QED) is 0.474. The summed E-state index contributed by atoms with van der Waals surface area (Å²) in [6, 6.07) is 31.0. The Morgan fingerprint density at radius 2 is 0.846 bits per heavy atom. The molecule has 0 aliphatic carbocycles. The monoisotopic (exact) mass is 338 g/mol. The highest BCUT2D eigenvalue weighted by Gasteiger charge is 2.16. The Labute approximate surface area is 152 Å². The fraction of sp³-hybridized carbons (Fsp3) is 0. The van der Waals surface area contributed by atoms with Crippen molar-refractivity contribution in [1.29, 1.82) is 0 Å². The van der Waals surface area contributed by atoms with E-state index in [9.17, 15) is 10.2 Å². The van der Waals surface area contributed by atoms with E-state index in [1.54, 1.807) is 18.2 Å². The van der Waals surface area contributed by atoms with Crippen LogP contribution in [0.1, 0.15) is 0 Å². The van der Waals surface area contributed by atoms with Gasteiger partial charge in [-0.25, -0.2) is 0 Å². The van der Waals surface area contributed by atoms with Crippen LogP contribution in [0.3, 0.4) is 0 Å². The maximum Gasteiger partial charge on any atom is 0.127 e. The lowest BCUT2D eigenvalue weighted by molar-refractivity contribution is 0.454. The van der Waals surface area contributed by atoms with Crippen LogP contribution in [0.25, 0.3) is 33.4 Å². The molecule has 0 bridgehead atoms. The Morgan fingerprint density at radius 1 is 0.385 bits per heavy atom. The summed E-state index contributed by atoms with van der Waals surface area (Å²) in [6.45, 7) is 0. The van der Waals surface area contributed by atoms with E-state index in [1.807, 2.05) is 54.6 Å². The van der Waals surface area contributed by atoms with Gasteiger partial charge in [0.05, 0.1) is 5.56 Å². The van der Waals surface area contributed by atoms with E-state index < -0.39 is 0 Å². The minimum atomic E-state index is 0.0645. The smallest absolute Gasteiger partial charge is 0.127 e. The van der Waals surface area contributed by atoms with Crippen LogP contribution in [0.4, 0.5) is 0 Å². The van der Waals surface area contributed by atoms with Crippen molar-refractivity contribution in [3.8, 4) is 44.9 Å². The largest absolute Gasteiger partial charge is 0.507 e. The number of benzene rings is 4. The van der Waals surface area contributed by atoms with Crippen molar-refractivity contribution in [1.82, 2.24) is 0 Å². The van der Waals surface area contributed by atoms with Crippen molar-refractivity contribution in [3.05, 3.63) is 97.1 Å². The van der Waals surface area contributed by atoms with Crippen LogP contribution in [-0.2, 0) is 0 Å². The maximum absolute atomic E-state index is 10.3. The Kier molecular flexibility index (Phi) is 4.16. The average Bonchev–Trinajstić information content (AvgIpc) is 2.69. The van der Waals surface area contributed by atoms with Gasteiger partial charge in [-0.15, -0.1) is 0 Å². The molecule has 0 atom stereocenters. The third-order valence-corrected chi connectivity index (χ3v) is 4.52. The molecule has 0 aromatic heterocycles. The first-order chi connectivity index (χ1) is 12.8. The molecule has 0 spiro atoms. The molecule has 26 heavy (non-hydrogen) atoms. The van der Waals surface area contributed by atoms with Gasteiger partial charge in [0, 0.05) is 0 Å². The number of hydrogen-bond acceptors (Lipinski definition) is 2. The molecule has 2 N–H and O–H groups in total. The van der Waals surface area contributed by atoms with Crippen molar-refractivity contribution in [2.75, 3.05) is 0 Å². The Balaban J connectivity index is 1.98. The molecule has 0 fully saturated rings. The van der Waals surface area contributed by atoms with E-state index in [2.05, 4.69) is 24.3 Å². The molecule has 4 aromatic carbocycles. The van der Waals surface area contributed by atoms with Crippen LogP contribution in [-0.4, -0.2) is 10.2 Å². The first-order valence-electron chi connectivity index (χ1n) is 8.51. The summed E-state index contributed by atoms with van der Waals surface area (Å²) in [5.41, 5.74) is 5.49. The molecule has 4 rings (SSSR count). The van der Waals surface area contributed by atoms with Gasteiger partial charge in [0.25, 0.3) is 0 Å². The molecule has 0 amide bonds. The van der Waals surface area contributed by atoms with Crippen LogP contribution >= 0.6 is 0 Å². The predicted octanol–water partition coefficient (Wildman–Crippen LogP) is 6.10. The lowest BCUT2D eigenvalue weighted by Gasteiger charge is -2.16. The second kappa shape index (κ2) is 6.77. The van der Waals surface area contributed by atoms with Gasteiger partial charge in [-0.1, -0.05) is 84.9 Å². The van der Waals surface area contributed by atoms with E-state index in [-0.39, 0.29) is 11.5 Å². The fourth-order valence-corrected chi connectivity index (χ4v) is 3.33. The number of phenolic OH excluding ortho intramolecular Hbond substituents is 2. The Bertz CT molecular complexity index is 1030. The fourth-order valence-electron chi connectivity index (χ4n) is 3.33. The third kappa shape index (κ3) is 2.82. The van der Waals surface area contributed by atoms with Crippen LogP contribution in [0.5, 0.6) is 11.5 Å². The Hall–Kier alpha value is -3.52. The summed E-state index contributed by atoms with van der Waals surface area (Å²) < 4.78 is 0. The van der Waals surface area contributed by atoms with E-state index in [0.29, 0.717) is 5.56 Å². The molecule has 126 valence electrons. The van der Waals surface area contributed by atoms with Gasteiger partial charge >= 0.3 is 0 Å². The Morgan fingerprint density at radius 3 is 1.46 bits per heavy atom. The van der Waals surface area contributed by atoms with Gasteiger partial charge in [0.15, 0.2) is 0 Å². The van der Waals surface area contributed by atoms with E-state index in [0.717, 1.165) is 27.8 Å². The summed E-state index contributed by atoms with van der Waals surface area (Å²) in [4.78, 5) is 0. The van der Waals surface area contributed by atoms with E-state index in [1.165, 1.54) is 0 Å². The lowest BCUT2D eigenvalue weighted by atomic mass is 9.89. The second-order valence-corrected chi connectivity index (χ2v) is 6.13. The van der Waals surface area contributed by atoms with E-state index in [4.69, 9.17) is 0 Å². The maximum atomic E-state index is 10.3. The highest BCUT2D eigenvalue weighted by Crippen LogP contribution is 2.44. The molecule has 0 saturated carbocycles. The number of aromatic hydroxyl groups is 2. The number of rotatable bonds is 3. The molecule has 2 heteroatoms. The lowest BCUT2D eigenvalue weighted by Crippen LogP contribution is -1.89. The van der Waals surface area contributed by atoms with Crippen molar-refractivity contribution in [2.45, 2.75) is 0 Å². The minimum Gasteiger partial charge on any atom is -0.507 e. The second-order valence-electron chi connectivity index (χ2n) is 6.13. The topological polar surface area (TPSA) is 40.5 Å². The SMILES string of the molecule is Oc1cccc(O)c1-c1ccccc1-c1ccccc1-c1ccccc1. The zero-order valence-corrected chi connectivity index (χ0v) is 14.1. The number of hydrogen-bond donors (Lipinski definition) is 2. The summed E-state index contributed by atoms with van der Waals surface area (Å²) in [7, 11) is 0. The minimum absolute atomic E-state index is 0.0645. The van der Waals surface area contributed by atoms with Crippen molar-refractivity contribution in [3.63, 3.8) is 0 Å². The van der Waals surface area contributed by atoms with Crippen molar-refractivity contribution in [2.24, 2.45) is 0 Å². The highest BCUT2D eigenvalue weighted by atomic mass is 16.3. The standard InChI is InChI=1S/C24H18O2/c25-22-15-8-16-23(26)24(22)21-14-7-6-13-20(21)19-12-5-4-11-18(19)17-9-2-1-3-10-17/h1-16,25-26H. The summed E-state index contributed by atoms with van der Waals surface area (Å²) in [5, 5.41) is 20.7. The number of phenols is 2. The van der Waals surface area contributed by atoms with Gasteiger partial charge in [-0.2, -0.15) is 0 Å². The third-order valence-electron chi connectivity index (χ3n) is 4.52. The molecule has 0 heterocycles. The molecule has 0 radical (unpaired) electrons. The molecule has 2 nitrogen and oxygen atoms in total. The summed E-state index contributed by atoms with van der Waals surface area (Å²) in [5.74, 6) is 0.129.